The van der Waals surface area contributed by atoms with Gasteiger partial charge in [0.05, 0.1) is 8.71 Å². The highest BCUT2D eigenvalue weighted by molar-refractivity contribution is 9.13. The van der Waals surface area contributed by atoms with Crippen molar-refractivity contribution in [2.24, 2.45) is 0 Å². The van der Waals surface area contributed by atoms with Crippen LogP contribution < -0.4 is 4.72 Å². The summed E-state index contributed by atoms with van der Waals surface area (Å²) in [5, 5.41) is 10.6. The van der Waals surface area contributed by atoms with Gasteiger partial charge in [0.1, 0.15) is 4.21 Å². The van der Waals surface area contributed by atoms with Crippen molar-refractivity contribution in [3.63, 3.8) is 0 Å². The standard InChI is InChI=1S/C12H10Br2N2O4S2/c1-7(8-2-4-9(5-3-8)16(17)18)15-22(19,20)11-6-10(13)12(14)21-11/h2-7,15H,1H3. The summed E-state index contributed by atoms with van der Waals surface area (Å²) < 4.78 is 28.7. The minimum atomic E-state index is -3.66. The summed E-state index contributed by atoms with van der Waals surface area (Å²) >= 11 is 7.60. The van der Waals surface area contributed by atoms with E-state index in [-0.39, 0.29) is 9.90 Å². The van der Waals surface area contributed by atoms with Gasteiger partial charge in [0.25, 0.3) is 15.7 Å². The molecule has 0 aliphatic carbocycles. The van der Waals surface area contributed by atoms with Crippen LogP contribution in [-0.2, 0) is 10.0 Å². The van der Waals surface area contributed by atoms with Crippen LogP contribution in [-0.4, -0.2) is 13.3 Å². The largest absolute Gasteiger partial charge is 0.269 e. The molecule has 0 saturated carbocycles. The lowest BCUT2D eigenvalue weighted by atomic mass is 10.1. The Morgan fingerprint density at radius 3 is 2.32 bits per heavy atom. The van der Waals surface area contributed by atoms with E-state index in [1.165, 1.54) is 30.3 Å². The summed E-state index contributed by atoms with van der Waals surface area (Å²) in [6.45, 7) is 1.68. The first kappa shape index (κ1) is 17.5. The third kappa shape index (κ3) is 3.93. The van der Waals surface area contributed by atoms with Crippen LogP contribution in [0.3, 0.4) is 0 Å². The molecular weight excluding hydrogens is 460 g/mol. The number of hydrogen-bond acceptors (Lipinski definition) is 5. The van der Waals surface area contributed by atoms with Gasteiger partial charge in [-0.2, -0.15) is 0 Å². The Hall–Kier alpha value is -0.810. The van der Waals surface area contributed by atoms with Crippen LogP contribution in [0.5, 0.6) is 0 Å². The molecule has 0 aliphatic rings. The lowest BCUT2D eigenvalue weighted by molar-refractivity contribution is -0.384. The van der Waals surface area contributed by atoms with E-state index in [9.17, 15) is 18.5 Å². The third-order valence-corrected chi connectivity index (χ3v) is 8.09. The molecule has 22 heavy (non-hydrogen) atoms. The zero-order chi connectivity index (χ0) is 16.5. The molecule has 2 rings (SSSR count). The minimum absolute atomic E-state index is 0.0371. The molecule has 6 nitrogen and oxygen atoms in total. The Morgan fingerprint density at radius 2 is 1.86 bits per heavy atom. The zero-order valence-electron chi connectivity index (χ0n) is 11.1. The van der Waals surface area contributed by atoms with E-state index < -0.39 is 21.0 Å². The van der Waals surface area contributed by atoms with Gasteiger partial charge in [0.15, 0.2) is 0 Å². The van der Waals surface area contributed by atoms with Crippen LogP contribution >= 0.6 is 43.2 Å². The summed E-state index contributed by atoms with van der Waals surface area (Å²) in [5.41, 5.74) is 0.605. The third-order valence-electron chi connectivity index (χ3n) is 2.82. The zero-order valence-corrected chi connectivity index (χ0v) is 15.9. The average molecular weight is 470 g/mol. The van der Waals surface area contributed by atoms with Gasteiger partial charge >= 0.3 is 0 Å². The Balaban J connectivity index is 2.20. The maximum absolute atomic E-state index is 12.3. The van der Waals surface area contributed by atoms with Gasteiger partial charge in [-0.05, 0) is 50.4 Å². The second-order valence-electron chi connectivity index (χ2n) is 4.38. The molecular formula is C12H10Br2N2O4S2. The van der Waals surface area contributed by atoms with Gasteiger partial charge < -0.3 is 0 Å². The van der Waals surface area contributed by atoms with Crippen molar-refractivity contribution in [2.75, 3.05) is 0 Å². The van der Waals surface area contributed by atoms with E-state index in [4.69, 9.17) is 0 Å². The molecule has 118 valence electrons. The van der Waals surface area contributed by atoms with Crippen molar-refractivity contribution in [3.05, 3.63) is 54.3 Å². The predicted molar refractivity (Wildman–Crippen MR) is 91.6 cm³/mol. The number of benzene rings is 1. The predicted octanol–water partition coefficient (Wildman–Crippen LogP) is 4.22. The Bertz CT molecular complexity index is 784. The first-order valence-electron chi connectivity index (χ1n) is 5.92. The molecule has 0 bridgehead atoms. The topological polar surface area (TPSA) is 89.3 Å². The second kappa shape index (κ2) is 6.75. The molecule has 0 saturated heterocycles. The molecule has 1 N–H and O–H groups in total. The van der Waals surface area contributed by atoms with E-state index >= 15 is 0 Å². The Kier molecular flexibility index (Phi) is 5.38. The van der Waals surface area contributed by atoms with Crippen molar-refractivity contribution >= 4 is 58.9 Å². The number of nitrogens with zero attached hydrogens (tertiary/aromatic N) is 1. The molecule has 1 unspecified atom stereocenters. The van der Waals surface area contributed by atoms with Crippen LogP contribution in [0, 0.1) is 10.1 Å². The Labute approximate surface area is 148 Å². The van der Waals surface area contributed by atoms with Gasteiger partial charge in [-0.3, -0.25) is 10.1 Å². The lowest BCUT2D eigenvalue weighted by Crippen LogP contribution is -2.26. The van der Waals surface area contributed by atoms with Crippen LogP contribution in [0.15, 0.2) is 42.8 Å². The van der Waals surface area contributed by atoms with E-state index in [0.717, 1.165) is 11.3 Å². The fraction of sp³-hybridized carbons (Fsp3) is 0.167. The average Bonchev–Trinajstić information content (AvgIpc) is 2.79. The van der Waals surface area contributed by atoms with E-state index in [1.807, 2.05) is 0 Å². The number of sulfonamides is 1. The van der Waals surface area contributed by atoms with Crippen molar-refractivity contribution in [2.45, 2.75) is 17.2 Å². The second-order valence-corrected chi connectivity index (χ2v) is 9.54. The van der Waals surface area contributed by atoms with Crippen LogP contribution in [0.25, 0.3) is 0 Å². The number of nitro benzene ring substituents is 1. The van der Waals surface area contributed by atoms with Crippen LogP contribution in [0.4, 0.5) is 5.69 Å². The molecule has 10 heteroatoms. The number of thiophene rings is 1. The van der Waals surface area contributed by atoms with Crippen molar-refractivity contribution < 1.29 is 13.3 Å². The quantitative estimate of drug-likeness (QED) is 0.524. The van der Waals surface area contributed by atoms with Gasteiger partial charge in [-0.25, -0.2) is 13.1 Å². The van der Waals surface area contributed by atoms with Crippen molar-refractivity contribution in [1.82, 2.24) is 4.72 Å². The monoisotopic (exact) mass is 468 g/mol. The molecule has 1 atom stereocenters. The molecule has 0 amide bonds. The minimum Gasteiger partial charge on any atom is -0.258 e. The van der Waals surface area contributed by atoms with Gasteiger partial charge in [0, 0.05) is 22.6 Å². The first-order valence-corrected chi connectivity index (χ1v) is 9.81. The maximum Gasteiger partial charge on any atom is 0.269 e. The van der Waals surface area contributed by atoms with E-state index in [1.54, 1.807) is 6.92 Å². The van der Waals surface area contributed by atoms with Gasteiger partial charge in [-0.15, -0.1) is 11.3 Å². The van der Waals surface area contributed by atoms with E-state index in [0.29, 0.717) is 13.8 Å². The summed E-state index contributed by atoms with van der Waals surface area (Å²) in [4.78, 5) is 10.1. The number of non-ortho nitro benzene ring substituents is 1. The number of nitrogens with one attached hydrogen (secondary N) is 1. The molecule has 2 aromatic rings. The number of nitro groups is 1. The smallest absolute Gasteiger partial charge is 0.258 e. The Morgan fingerprint density at radius 1 is 1.27 bits per heavy atom. The molecule has 0 aliphatic heterocycles. The molecule has 1 aromatic heterocycles. The van der Waals surface area contributed by atoms with Gasteiger partial charge in [0.2, 0.25) is 0 Å². The number of halogens is 2. The summed E-state index contributed by atoms with van der Waals surface area (Å²) in [6.07, 6.45) is 0. The molecule has 0 spiro atoms. The highest BCUT2D eigenvalue weighted by Gasteiger charge is 2.22. The molecule has 1 heterocycles. The summed E-state index contributed by atoms with van der Waals surface area (Å²) in [7, 11) is -3.66. The maximum atomic E-state index is 12.3. The number of hydrogen-bond donors (Lipinski definition) is 1. The van der Waals surface area contributed by atoms with Crippen LogP contribution in [0.1, 0.15) is 18.5 Å². The molecule has 1 aromatic carbocycles. The highest BCUT2D eigenvalue weighted by Crippen LogP contribution is 2.35. The lowest BCUT2D eigenvalue weighted by Gasteiger charge is -2.13. The first-order chi connectivity index (χ1) is 10.2. The van der Waals surface area contributed by atoms with Crippen LogP contribution in [0.2, 0.25) is 0 Å². The fourth-order valence-electron chi connectivity index (χ4n) is 1.70. The molecule has 0 fully saturated rings. The number of rotatable bonds is 5. The summed E-state index contributed by atoms with van der Waals surface area (Å²) in [5.74, 6) is 0. The fourth-order valence-corrected chi connectivity index (χ4v) is 5.77. The highest BCUT2D eigenvalue weighted by atomic mass is 79.9. The molecule has 0 radical (unpaired) electrons. The van der Waals surface area contributed by atoms with E-state index in [2.05, 4.69) is 36.6 Å². The van der Waals surface area contributed by atoms with Gasteiger partial charge in [-0.1, -0.05) is 12.1 Å². The van der Waals surface area contributed by atoms with Crippen molar-refractivity contribution in [3.8, 4) is 0 Å². The summed E-state index contributed by atoms with van der Waals surface area (Å²) in [6, 6.07) is 6.76. The SMILES string of the molecule is CC(NS(=O)(=O)c1cc(Br)c(Br)s1)c1ccc([N+](=O)[O-])cc1. The van der Waals surface area contributed by atoms with Crippen molar-refractivity contribution in [1.29, 1.82) is 0 Å². The normalized spacial score (nSPS) is 13.0.